The molecule has 22 heavy (non-hydrogen) atoms. The molecule has 0 aromatic heterocycles. The third kappa shape index (κ3) is 2.70. The first-order valence-corrected chi connectivity index (χ1v) is 9.88. The average molecular weight is 329 g/mol. The van der Waals surface area contributed by atoms with Gasteiger partial charge >= 0.3 is 0 Å². The molecule has 0 bridgehead atoms. The van der Waals surface area contributed by atoms with Crippen molar-refractivity contribution < 1.29 is 4.74 Å². The Morgan fingerprint density at radius 1 is 0.818 bits per heavy atom. The lowest BCUT2D eigenvalue weighted by Crippen LogP contribution is -2.28. The number of benzene rings is 2. The van der Waals surface area contributed by atoms with Crippen LogP contribution in [0.15, 0.2) is 60.7 Å². The molecule has 2 heterocycles. The normalized spacial score (nSPS) is 27.1. The van der Waals surface area contributed by atoms with Crippen LogP contribution in [-0.2, 0) is 4.74 Å². The highest BCUT2D eigenvalue weighted by Gasteiger charge is 2.51. The second kappa shape index (κ2) is 6.31. The summed E-state index contributed by atoms with van der Waals surface area (Å²) in [5.74, 6) is 2.50. The first-order chi connectivity index (χ1) is 10.9. The van der Waals surface area contributed by atoms with E-state index in [2.05, 4.69) is 84.2 Å². The van der Waals surface area contributed by atoms with Gasteiger partial charge in [-0.1, -0.05) is 60.7 Å². The number of thioether (sulfide) groups is 2. The Morgan fingerprint density at radius 2 is 1.41 bits per heavy atom. The smallest absolute Gasteiger partial charge is 0.107 e. The summed E-state index contributed by atoms with van der Waals surface area (Å²) in [4.78, 5) is 0. The largest absolute Gasteiger partial charge is 0.363 e. The number of hydrogen-bond donors (Lipinski definition) is 0. The number of ether oxygens (including phenoxy) is 1. The molecule has 2 aromatic rings. The Kier molecular flexibility index (Phi) is 4.21. The molecule has 4 rings (SSSR count). The minimum absolute atomic E-state index is 0.181. The van der Waals surface area contributed by atoms with Crippen molar-refractivity contribution in [2.24, 2.45) is 0 Å². The number of hydrogen-bond acceptors (Lipinski definition) is 3. The molecule has 2 aliphatic rings. The van der Waals surface area contributed by atoms with Gasteiger partial charge in [-0.15, -0.1) is 23.5 Å². The molecule has 2 aliphatic heterocycles. The van der Waals surface area contributed by atoms with Gasteiger partial charge < -0.3 is 4.74 Å². The van der Waals surface area contributed by atoms with Gasteiger partial charge in [0.2, 0.25) is 0 Å². The van der Waals surface area contributed by atoms with E-state index < -0.39 is 0 Å². The quantitative estimate of drug-likeness (QED) is 0.725. The highest BCUT2D eigenvalue weighted by atomic mass is 32.2. The minimum atomic E-state index is 0.181. The van der Waals surface area contributed by atoms with E-state index in [1.807, 2.05) is 0 Å². The van der Waals surface area contributed by atoms with E-state index in [-0.39, 0.29) is 16.3 Å². The Morgan fingerprint density at radius 3 is 2.05 bits per heavy atom. The van der Waals surface area contributed by atoms with E-state index in [0.717, 1.165) is 6.42 Å². The summed E-state index contributed by atoms with van der Waals surface area (Å²) in [5.41, 5.74) is 2.63. The fourth-order valence-electron chi connectivity index (χ4n) is 3.37. The van der Waals surface area contributed by atoms with Crippen molar-refractivity contribution in [3.63, 3.8) is 0 Å². The zero-order valence-electron chi connectivity index (χ0n) is 12.5. The first kappa shape index (κ1) is 14.7. The van der Waals surface area contributed by atoms with Crippen LogP contribution in [0.25, 0.3) is 0 Å². The topological polar surface area (TPSA) is 9.23 Å². The van der Waals surface area contributed by atoms with Crippen molar-refractivity contribution >= 4 is 23.5 Å². The Balaban J connectivity index is 1.68. The van der Waals surface area contributed by atoms with Crippen LogP contribution in [0.4, 0.5) is 0 Å². The summed E-state index contributed by atoms with van der Waals surface area (Å²) in [6, 6.07) is 21.5. The van der Waals surface area contributed by atoms with E-state index in [0.29, 0.717) is 0 Å². The van der Waals surface area contributed by atoms with Gasteiger partial charge in [0.25, 0.3) is 0 Å². The summed E-state index contributed by atoms with van der Waals surface area (Å²) >= 11 is 4.22. The maximum absolute atomic E-state index is 6.59. The molecule has 0 N–H and O–H groups in total. The molecule has 2 saturated heterocycles. The fraction of sp³-hybridized carbons (Fsp3) is 0.368. The standard InChI is InChI=1S/C19H20OS2/c1-3-8-15(9-4-1)17-14-19(21-12-7-13-22-19)18(20-17)16-10-5-2-6-11-16/h1-6,8-11,17-18H,7,12-14H2/t17-,18+/m1/s1. The third-order valence-corrected chi connectivity index (χ3v) is 7.86. The SMILES string of the molecule is c1ccc([C@H]2CC3(SCCCS3)[C@H](c3ccccc3)O2)cc1. The molecule has 0 saturated carbocycles. The van der Waals surface area contributed by atoms with Crippen LogP contribution < -0.4 is 0 Å². The lowest BCUT2D eigenvalue weighted by Gasteiger charge is -2.36. The van der Waals surface area contributed by atoms with E-state index in [1.54, 1.807) is 0 Å². The maximum Gasteiger partial charge on any atom is 0.107 e. The summed E-state index contributed by atoms with van der Waals surface area (Å²) in [7, 11) is 0. The van der Waals surface area contributed by atoms with E-state index >= 15 is 0 Å². The zero-order valence-corrected chi connectivity index (χ0v) is 14.1. The Bertz CT molecular complexity index is 608. The molecule has 2 fully saturated rings. The van der Waals surface area contributed by atoms with Gasteiger partial charge in [-0.05, 0) is 29.1 Å². The molecule has 0 amide bonds. The van der Waals surface area contributed by atoms with Gasteiger partial charge in [-0.25, -0.2) is 0 Å². The molecule has 0 radical (unpaired) electrons. The molecule has 2 aromatic carbocycles. The van der Waals surface area contributed by atoms with Gasteiger partial charge in [-0.3, -0.25) is 0 Å². The van der Waals surface area contributed by atoms with Crippen molar-refractivity contribution in [2.45, 2.75) is 29.1 Å². The van der Waals surface area contributed by atoms with Crippen molar-refractivity contribution in [1.82, 2.24) is 0 Å². The molecule has 1 spiro atoms. The van der Waals surface area contributed by atoms with Gasteiger partial charge in [-0.2, -0.15) is 0 Å². The molecule has 0 aliphatic carbocycles. The highest BCUT2D eigenvalue weighted by molar-refractivity contribution is 8.18. The van der Waals surface area contributed by atoms with Crippen molar-refractivity contribution in [3.05, 3.63) is 71.8 Å². The second-order valence-corrected chi connectivity index (χ2v) is 9.00. The molecule has 1 nitrogen and oxygen atoms in total. The van der Waals surface area contributed by atoms with Crippen molar-refractivity contribution in [1.29, 1.82) is 0 Å². The number of rotatable bonds is 2. The van der Waals surface area contributed by atoms with Crippen LogP contribution >= 0.6 is 23.5 Å². The van der Waals surface area contributed by atoms with E-state index in [1.165, 1.54) is 29.1 Å². The molecule has 2 atom stereocenters. The molecular formula is C19H20OS2. The van der Waals surface area contributed by atoms with Gasteiger partial charge in [0, 0.05) is 6.42 Å². The van der Waals surface area contributed by atoms with Crippen LogP contribution in [0.1, 0.15) is 36.2 Å². The third-order valence-electron chi connectivity index (χ3n) is 4.42. The van der Waals surface area contributed by atoms with Gasteiger partial charge in [0.15, 0.2) is 0 Å². The average Bonchev–Trinajstić information content (AvgIpc) is 2.96. The first-order valence-electron chi connectivity index (χ1n) is 7.91. The minimum Gasteiger partial charge on any atom is -0.363 e. The van der Waals surface area contributed by atoms with Crippen LogP contribution in [0, 0.1) is 0 Å². The summed E-state index contributed by atoms with van der Waals surface area (Å²) < 4.78 is 6.77. The lowest BCUT2D eigenvalue weighted by molar-refractivity contribution is 0.0433. The zero-order chi connectivity index (χ0) is 14.8. The van der Waals surface area contributed by atoms with Crippen molar-refractivity contribution in [2.75, 3.05) is 11.5 Å². The van der Waals surface area contributed by atoms with Gasteiger partial charge in [0.1, 0.15) is 6.10 Å². The van der Waals surface area contributed by atoms with Crippen molar-refractivity contribution in [3.8, 4) is 0 Å². The summed E-state index contributed by atoms with van der Waals surface area (Å²) in [6.45, 7) is 0. The Hall–Kier alpha value is -0.900. The van der Waals surface area contributed by atoms with E-state index in [9.17, 15) is 0 Å². The van der Waals surface area contributed by atoms with E-state index in [4.69, 9.17) is 4.74 Å². The molecule has 114 valence electrons. The maximum atomic E-state index is 6.59. The van der Waals surface area contributed by atoms with Crippen LogP contribution in [0.5, 0.6) is 0 Å². The molecular weight excluding hydrogens is 308 g/mol. The monoisotopic (exact) mass is 328 g/mol. The van der Waals surface area contributed by atoms with Crippen LogP contribution in [0.2, 0.25) is 0 Å². The summed E-state index contributed by atoms with van der Waals surface area (Å²) in [6.07, 6.45) is 2.82. The molecule has 0 unspecified atom stereocenters. The highest BCUT2D eigenvalue weighted by Crippen LogP contribution is 2.61. The van der Waals surface area contributed by atoms with Crippen LogP contribution in [-0.4, -0.2) is 15.6 Å². The summed E-state index contributed by atoms with van der Waals surface area (Å²) in [5, 5.41) is 0. The Labute approximate surface area is 140 Å². The molecule has 3 heteroatoms. The fourth-order valence-corrected chi connectivity index (χ4v) is 6.87. The van der Waals surface area contributed by atoms with Gasteiger partial charge in [0.05, 0.1) is 10.2 Å². The second-order valence-electron chi connectivity index (χ2n) is 5.89. The predicted molar refractivity (Wildman–Crippen MR) is 96.3 cm³/mol. The van der Waals surface area contributed by atoms with Crippen LogP contribution in [0.3, 0.4) is 0 Å². The predicted octanol–water partition coefficient (Wildman–Crippen LogP) is 5.46. The lowest BCUT2D eigenvalue weighted by atomic mass is 10.0.